The lowest BCUT2D eigenvalue weighted by Crippen LogP contribution is -2.19. The average molecular weight is 313 g/mol. The number of likely N-dealkylation sites (tertiary alicyclic amines) is 2. The summed E-state index contributed by atoms with van der Waals surface area (Å²) in [6.45, 7) is 12.7. The molecule has 0 unspecified atom stereocenters. The molecule has 0 aromatic heterocycles. The highest BCUT2D eigenvalue weighted by molar-refractivity contribution is 6.05. The maximum absolute atomic E-state index is 2.57. The second kappa shape index (κ2) is 18.5. The molecule has 0 bridgehead atoms. The van der Waals surface area contributed by atoms with E-state index in [4.69, 9.17) is 0 Å². The van der Waals surface area contributed by atoms with Crippen LogP contribution in [0, 0.1) is 0 Å². The summed E-state index contributed by atoms with van der Waals surface area (Å²) in [5.74, 6) is 1.92. The lowest BCUT2D eigenvalue weighted by atomic mass is 10.3. The standard InChI is InChI=1S/2C8H17N.CH4.CH3.Al/c2*1-2-3-6-9-7-4-5-8-9;;;/h2*2-8H2,1H3;1H4;1H3;. The van der Waals surface area contributed by atoms with Crippen molar-refractivity contribution in [2.24, 2.45) is 0 Å². The van der Waals surface area contributed by atoms with Crippen LogP contribution < -0.4 is 0 Å². The van der Waals surface area contributed by atoms with Crippen molar-refractivity contribution in [3.63, 3.8) is 0 Å². The van der Waals surface area contributed by atoms with Crippen molar-refractivity contribution in [2.45, 2.75) is 78.4 Å². The minimum Gasteiger partial charge on any atom is -0.303 e. The maximum atomic E-state index is 2.57. The molecule has 126 valence electrons. The molecular formula is C18H41AlN2. The summed E-state index contributed by atoms with van der Waals surface area (Å²) >= 11 is 2.42. The molecule has 21 heavy (non-hydrogen) atoms. The van der Waals surface area contributed by atoms with Crippen LogP contribution in [0.3, 0.4) is 0 Å². The molecule has 0 aromatic rings. The van der Waals surface area contributed by atoms with E-state index in [0.29, 0.717) is 0 Å². The minimum atomic E-state index is 0. The Morgan fingerprint density at radius 2 is 0.952 bits per heavy atom. The molecule has 0 aliphatic carbocycles. The molecule has 2 rings (SSSR count). The number of rotatable bonds is 6. The first-order chi connectivity index (χ1) is 9.86. The van der Waals surface area contributed by atoms with E-state index in [1.165, 1.54) is 90.6 Å². The van der Waals surface area contributed by atoms with E-state index in [1.54, 1.807) is 0 Å². The van der Waals surface area contributed by atoms with Gasteiger partial charge in [-0.15, -0.1) is 5.79 Å². The Morgan fingerprint density at radius 1 is 0.667 bits per heavy atom. The van der Waals surface area contributed by atoms with Crippen LogP contribution >= 0.6 is 0 Å². The van der Waals surface area contributed by atoms with Gasteiger partial charge in [-0.3, -0.25) is 0 Å². The quantitative estimate of drug-likeness (QED) is 0.661. The predicted octanol–water partition coefficient (Wildman–Crippen LogP) is 4.60. The highest BCUT2D eigenvalue weighted by atomic mass is 27.0. The molecule has 2 nitrogen and oxygen atoms in total. The van der Waals surface area contributed by atoms with E-state index in [0.717, 1.165) is 0 Å². The van der Waals surface area contributed by atoms with E-state index >= 15 is 0 Å². The van der Waals surface area contributed by atoms with Gasteiger partial charge < -0.3 is 9.80 Å². The van der Waals surface area contributed by atoms with E-state index in [2.05, 4.69) is 39.9 Å². The predicted molar refractivity (Wildman–Crippen MR) is 99.5 cm³/mol. The van der Waals surface area contributed by atoms with Gasteiger partial charge in [0.1, 0.15) is 16.3 Å². The van der Waals surface area contributed by atoms with Crippen LogP contribution in [0.5, 0.6) is 0 Å². The zero-order valence-corrected chi connectivity index (χ0v) is 15.5. The first kappa shape index (κ1) is 23.7. The molecular weight excluding hydrogens is 271 g/mol. The monoisotopic (exact) mass is 312 g/mol. The molecule has 2 fully saturated rings. The van der Waals surface area contributed by atoms with Crippen LogP contribution in [-0.2, 0) is 0 Å². The van der Waals surface area contributed by atoms with E-state index in [1.807, 2.05) is 5.79 Å². The zero-order valence-electron chi connectivity index (χ0n) is 14.4. The van der Waals surface area contributed by atoms with Crippen molar-refractivity contribution in [1.29, 1.82) is 0 Å². The van der Waals surface area contributed by atoms with Crippen LogP contribution in [0.4, 0.5) is 0 Å². The van der Waals surface area contributed by atoms with E-state index in [9.17, 15) is 0 Å². The molecule has 0 saturated carbocycles. The summed E-state index contributed by atoms with van der Waals surface area (Å²) in [5, 5.41) is 0. The van der Waals surface area contributed by atoms with Gasteiger partial charge in [0.05, 0.1) is 0 Å². The molecule has 0 spiro atoms. The third-order valence-corrected chi connectivity index (χ3v) is 4.05. The molecule has 0 aromatic carbocycles. The molecule has 0 atom stereocenters. The number of unbranched alkanes of at least 4 members (excludes halogenated alkanes) is 2. The number of hydrogen-bond donors (Lipinski definition) is 0. The molecule has 0 amide bonds. The second-order valence-corrected chi connectivity index (χ2v) is 5.80. The summed E-state index contributed by atoms with van der Waals surface area (Å²) in [7, 11) is 0. The van der Waals surface area contributed by atoms with Gasteiger partial charge in [-0.25, -0.2) is 0 Å². The Labute approximate surface area is 144 Å². The van der Waals surface area contributed by atoms with Gasteiger partial charge in [0, 0.05) is 0 Å². The normalized spacial score (nSPS) is 18.2. The van der Waals surface area contributed by atoms with Crippen molar-refractivity contribution in [1.82, 2.24) is 9.80 Å². The number of nitrogens with zero attached hydrogens (tertiary/aromatic N) is 2. The molecule has 3 heteroatoms. The fraction of sp³-hybridized carbons (Fsp3) is 1.00. The SMILES string of the molecule is C.CCCCN1CCCC1.CCCCN1CCCC1.[CH3][Al]. The molecule has 2 saturated heterocycles. The van der Waals surface area contributed by atoms with Gasteiger partial charge in [0.2, 0.25) is 0 Å². The van der Waals surface area contributed by atoms with Crippen molar-refractivity contribution in [3.8, 4) is 0 Å². The lowest BCUT2D eigenvalue weighted by molar-refractivity contribution is 0.332. The van der Waals surface area contributed by atoms with Crippen LogP contribution in [0.15, 0.2) is 0 Å². The largest absolute Gasteiger partial charge is 0.303 e. The summed E-state index contributed by atoms with van der Waals surface area (Å²) in [6.07, 6.45) is 11.2. The van der Waals surface area contributed by atoms with Gasteiger partial charge >= 0.3 is 0 Å². The van der Waals surface area contributed by atoms with Crippen molar-refractivity contribution in [3.05, 3.63) is 0 Å². The first-order valence-corrected chi connectivity index (χ1v) is 10.0. The Hall–Kier alpha value is 0.452. The topological polar surface area (TPSA) is 6.48 Å². The number of hydrogen-bond acceptors (Lipinski definition) is 2. The fourth-order valence-corrected chi connectivity index (χ4v) is 2.78. The first-order valence-electron chi connectivity index (χ1n) is 8.89. The van der Waals surface area contributed by atoms with Crippen LogP contribution in [0.1, 0.15) is 72.6 Å². The smallest absolute Gasteiger partial charge is 0.112 e. The highest BCUT2D eigenvalue weighted by Crippen LogP contribution is 2.08. The van der Waals surface area contributed by atoms with Crippen LogP contribution in [0.2, 0.25) is 5.79 Å². The third-order valence-electron chi connectivity index (χ3n) is 4.05. The Kier molecular flexibility index (Phi) is 20.9. The third kappa shape index (κ3) is 13.8. The Bertz CT molecular complexity index is 156. The Balaban J connectivity index is 0. The van der Waals surface area contributed by atoms with Gasteiger partial charge in [-0.1, -0.05) is 34.1 Å². The fourth-order valence-electron chi connectivity index (χ4n) is 2.78. The van der Waals surface area contributed by atoms with Crippen LogP contribution in [-0.4, -0.2) is 65.4 Å². The van der Waals surface area contributed by atoms with Gasteiger partial charge in [0.15, 0.2) is 0 Å². The van der Waals surface area contributed by atoms with Gasteiger partial charge in [-0.2, -0.15) is 0 Å². The molecule has 2 aliphatic heterocycles. The zero-order chi connectivity index (χ0) is 15.1. The van der Waals surface area contributed by atoms with Crippen molar-refractivity contribution < 1.29 is 0 Å². The van der Waals surface area contributed by atoms with Gasteiger partial charge in [0.25, 0.3) is 0 Å². The van der Waals surface area contributed by atoms with Gasteiger partial charge in [-0.05, 0) is 77.8 Å². The van der Waals surface area contributed by atoms with Crippen molar-refractivity contribution in [2.75, 3.05) is 39.3 Å². The van der Waals surface area contributed by atoms with Crippen LogP contribution in [0.25, 0.3) is 0 Å². The maximum Gasteiger partial charge on any atom is 0.112 e. The van der Waals surface area contributed by atoms with Crippen molar-refractivity contribution >= 4 is 16.3 Å². The molecule has 2 heterocycles. The summed E-state index contributed by atoms with van der Waals surface area (Å²) in [5.41, 5.74) is 0. The molecule has 0 N–H and O–H groups in total. The minimum absolute atomic E-state index is 0. The Morgan fingerprint density at radius 3 is 1.19 bits per heavy atom. The summed E-state index contributed by atoms with van der Waals surface area (Å²) in [6, 6.07) is 0. The summed E-state index contributed by atoms with van der Waals surface area (Å²) < 4.78 is 0. The molecule has 2 aliphatic rings. The van der Waals surface area contributed by atoms with E-state index in [-0.39, 0.29) is 7.43 Å². The lowest BCUT2D eigenvalue weighted by Gasteiger charge is -2.12. The highest BCUT2D eigenvalue weighted by Gasteiger charge is 2.09. The average Bonchev–Trinajstić information content (AvgIpc) is 3.19. The molecule has 2 radical (unpaired) electrons. The van der Waals surface area contributed by atoms with E-state index < -0.39 is 0 Å². The second-order valence-electron chi connectivity index (χ2n) is 5.80. The summed E-state index contributed by atoms with van der Waals surface area (Å²) in [4.78, 5) is 5.15.